The van der Waals surface area contributed by atoms with E-state index in [1.54, 1.807) is 0 Å². The number of H-pyrrole nitrogens is 1. The number of hydrogen-bond donors (Lipinski definition) is 4. The molecular formula is C16H20N6O5. The van der Waals surface area contributed by atoms with Crippen molar-refractivity contribution in [2.75, 3.05) is 38.1 Å². The lowest BCUT2D eigenvalue weighted by Gasteiger charge is -2.33. The second-order valence-corrected chi connectivity index (χ2v) is 5.80. The Morgan fingerprint density at radius 1 is 1.11 bits per heavy atom. The third-order valence-corrected chi connectivity index (χ3v) is 3.84. The number of carbonyl (C=O) groups is 3. The van der Waals surface area contributed by atoms with E-state index in [1.165, 1.54) is 0 Å². The average Bonchev–Trinajstić information content (AvgIpc) is 3.04. The first-order chi connectivity index (χ1) is 12.8. The molecule has 1 aliphatic rings. The van der Waals surface area contributed by atoms with Crippen LogP contribution in [0.1, 0.15) is 10.5 Å². The average molecular weight is 376 g/mol. The third-order valence-electron chi connectivity index (χ3n) is 3.84. The van der Waals surface area contributed by atoms with E-state index in [2.05, 4.69) is 32.0 Å². The molecular weight excluding hydrogens is 356 g/mol. The molecule has 1 amide bonds. The smallest absolute Gasteiger partial charge is 0.328 e. The number of anilines is 1. The first-order valence-electron chi connectivity index (χ1n) is 8.00. The van der Waals surface area contributed by atoms with Crippen LogP contribution in [0.2, 0.25) is 0 Å². The quantitative estimate of drug-likeness (QED) is 0.515. The number of likely N-dealkylation sites (N-methyl/N-ethyl adjacent to an activating group) is 1. The highest BCUT2D eigenvalue weighted by Gasteiger charge is 2.17. The summed E-state index contributed by atoms with van der Waals surface area (Å²) < 4.78 is 0. The Bertz CT molecular complexity index is 853. The van der Waals surface area contributed by atoms with Gasteiger partial charge in [-0.1, -0.05) is 0 Å². The zero-order valence-electron chi connectivity index (χ0n) is 14.6. The van der Waals surface area contributed by atoms with Crippen molar-refractivity contribution in [2.45, 2.75) is 0 Å². The molecule has 1 fully saturated rings. The number of piperazine rings is 1. The number of pyridine rings is 1. The van der Waals surface area contributed by atoms with Gasteiger partial charge in [0.05, 0.1) is 5.39 Å². The highest BCUT2D eigenvalue weighted by molar-refractivity contribution is 6.03. The summed E-state index contributed by atoms with van der Waals surface area (Å²) in [5, 5.41) is 23.0. The third kappa shape index (κ3) is 5.51. The van der Waals surface area contributed by atoms with Gasteiger partial charge in [-0.15, -0.1) is 0 Å². The van der Waals surface area contributed by atoms with E-state index in [0.717, 1.165) is 32.0 Å². The second kappa shape index (κ2) is 8.76. The summed E-state index contributed by atoms with van der Waals surface area (Å²) in [7, 11) is 2.11. The molecule has 0 radical (unpaired) electrons. The van der Waals surface area contributed by atoms with E-state index in [1.807, 2.05) is 12.1 Å². The van der Waals surface area contributed by atoms with Gasteiger partial charge < -0.3 is 25.7 Å². The van der Waals surface area contributed by atoms with E-state index in [-0.39, 0.29) is 5.69 Å². The molecule has 0 aliphatic carbocycles. The first-order valence-corrected chi connectivity index (χ1v) is 8.00. The summed E-state index contributed by atoms with van der Waals surface area (Å²) in [6.45, 7) is 3.95. The van der Waals surface area contributed by atoms with Crippen molar-refractivity contribution in [1.29, 1.82) is 0 Å². The van der Waals surface area contributed by atoms with Gasteiger partial charge >= 0.3 is 11.9 Å². The SMILES string of the molecule is CN1CCN(c2ccc3c(C(N)=O)n[nH]c3n2)CC1.O=C(O)/C=C\C(=O)O. The Morgan fingerprint density at radius 2 is 1.70 bits per heavy atom. The number of aromatic amines is 1. The highest BCUT2D eigenvalue weighted by atomic mass is 16.4. The van der Waals surface area contributed by atoms with Crippen molar-refractivity contribution in [3.8, 4) is 0 Å². The molecule has 1 aliphatic heterocycles. The Hall–Kier alpha value is -3.47. The lowest BCUT2D eigenvalue weighted by atomic mass is 10.2. The largest absolute Gasteiger partial charge is 0.478 e. The van der Waals surface area contributed by atoms with Gasteiger partial charge in [-0.05, 0) is 19.2 Å². The fraction of sp³-hybridized carbons (Fsp3) is 0.312. The topological polar surface area (TPSA) is 166 Å². The number of carbonyl (C=O) groups excluding carboxylic acids is 1. The lowest BCUT2D eigenvalue weighted by Crippen LogP contribution is -2.44. The number of carboxylic acid groups (broad SMARTS) is 2. The van der Waals surface area contributed by atoms with Crippen LogP contribution in [0.15, 0.2) is 24.3 Å². The van der Waals surface area contributed by atoms with E-state index >= 15 is 0 Å². The number of primary amides is 1. The number of nitrogens with one attached hydrogen (secondary N) is 1. The fourth-order valence-electron chi connectivity index (χ4n) is 2.44. The molecule has 0 bridgehead atoms. The first kappa shape index (κ1) is 19.8. The molecule has 0 aromatic carbocycles. The Morgan fingerprint density at radius 3 is 2.22 bits per heavy atom. The normalized spacial score (nSPS) is 14.8. The molecule has 3 heterocycles. The van der Waals surface area contributed by atoms with Gasteiger partial charge in [0.25, 0.3) is 5.91 Å². The van der Waals surface area contributed by atoms with E-state index in [9.17, 15) is 14.4 Å². The van der Waals surface area contributed by atoms with Crippen molar-refractivity contribution in [1.82, 2.24) is 20.1 Å². The predicted molar refractivity (Wildman–Crippen MR) is 96.5 cm³/mol. The summed E-state index contributed by atoms with van der Waals surface area (Å²) >= 11 is 0. The van der Waals surface area contributed by atoms with Crippen molar-refractivity contribution in [3.63, 3.8) is 0 Å². The van der Waals surface area contributed by atoms with Crippen molar-refractivity contribution >= 4 is 34.7 Å². The maximum Gasteiger partial charge on any atom is 0.328 e. The van der Waals surface area contributed by atoms with Gasteiger partial charge in [0, 0.05) is 38.3 Å². The molecule has 0 unspecified atom stereocenters. The van der Waals surface area contributed by atoms with Gasteiger partial charge in [-0.3, -0.25) is 9.89 Å². The monoisotopic (exact) mass is 376 g/mol. The summed E-state index contributed by atoms with van der Waals surface area (Å²) in [6, 6.07) is 3.76. The Labute approximate surface area is 154 Å². The van der Waals surface area contributed by atoms with E-state index in [4.69, 9.17) is 15.9 Å². The van der Waals surface area contributed by atoms with Crippen LogP contribution in [0.3, 0.4) is 0 Å². The number of fused-ring (bicyclic) bond motifs is 1. The molecule has 1 saturated heterocycles. The van der Waals surface area contributed by atoms with Gasteiger partial charge in [-0.25, -0.2) is 14.6 Å². The van der Waals surface area contributed by atoms with Crippen molar-refractivity contribution in [3.05, 3.63) is 30.0 Å². The summed E-state index contributed by atoms with van der Waals surface area (Å²) in [5.74, 6) is -2.15. The van der Waals surface area contributed by atoms with Crippen LogP contribution >= 0.6 is 0 Å². The molecule has 11 heteroatoms. The summed E-state index contributed by atoms with van der Waals surface area (Å²) in [4.78, 5) is 39.3. The lowest BCUT2D eigenvalue weighted by molar-refractivity contribution is -0.134. The maximum absolute atomic E-state index is 11.2. The minimum absolute atomic E-state index is 0.243. The number of carboxylic acids is 2. The maximum atomic E-state index is 11.2. The molecule has 27 heavy (non-hydrogen) atoms. The number of nitrogens with two attached hydrogens (primary N) is 1. The van der Waals surface area contributed by atoms with E-state index in [0.29, 0.717) is 23.2 Å². The molecule has 2 aromatic heterocycles. The minimum Gasteiger partial charge on any atom is -0.478 e. The van der Waals surface area contributed by atoms with Crippen LogP contribution < -0.4 is 10.6 Å². The van der Waals surface area contributed by atoms with Gasteiger partial charge in [-0.2, -0.15) is 5.10 Å². The van der Waals surface area contributed by atoms with Crippen LogP contribution in [0, 0.1) is 0 Å². The van der Waals surface area contributed by atoms with Gasteiger partial charge in [0.1, 0.15) is 5.82 Å². The van der Waals surface area contributed by atoms with Crippen LogP contribution in [0.4, 0.5) is 5.82 Å². The number of nitrogens with zero attached hydrogens (tertiary/aromatic N) is 4. The van der Waals surface area contributed by atoms with Gasteiger partial charge in [0.15, 0.2) is 11.3 Å². The number of hydrogen-bond acceptors (Lipinski definition) is 7. The number of aliphatic carboxylic acids is 2. The Balaban J connectivity index is 0.000000279. The predicted octanol–water partition coefficient (Wildman–Crippen LogP) is -0.480. The number of rotatable bonds is 4. The van der Waals surface area contributed by atoms with E-state index < -0.39 is 17.8 Å². The molecule has 0 spiro atoms. The zero-order chi connectivity index (χ0) is 20.0. The van der Waals surface area contributed by atoms with Crippen LogP contribution in [0.25, 0.3) is 11.0 Å². The molecule has 0 saturated carbocycles. The standard InChI is InChI=1S/C12H16N6O.C4H4O4/c1-17-4-6-18(7-5-17)9-3-2-8-10(11(13)19)15-16-12(8)14-9;5-3(6)1-2-4(7)8/h2-3H,4-7H2,1H3,(H2,13,19)(H,14,15,16);1-2H,(H,5,6)(H,7,8)/b;2-1-. The highest BCUT2D eigenvalue weighted by Crippen LogP contribution is 2.19. The zero-order valence-corrected chi connectivity index (χ0v) is 14.6. The molecule has 5 N–H and O–H groups in total. The number of amides is 1. The van der Waals surface area contributed by atoms with Crippen LogP contribution in [-0.4, -0.2) is 81.4 Å². The van der Waals surface area contributed by atoms with Crippen molar-refractivity contribution in [2.24, 2.45) is 5.73 Å². The van der Waals surface area contributed by atoms with Gasteiger partial charge in [0.2, 0.25) is 0 Å². The van der Waals surface area contributed by atoms with Crippen LogP contribution in [-0.2, 0) is 9.59 Å². The summed E-state index contributed by atoms with van der Waals surface area (Å²) in [6.07, 6.45) is 1.12. The van der Waals surface area contributed by atoms with Crippen molar-refractivity contribution < 1.29 is 24.6 Å². The van der Waals surface area contributed by atoms with Crippen LogP contribution in [0.5, 0.6) is 0 Å². The molecule has 0 atom stereocenters. The molecule has 2 aromatic rings. The molecule has 3 rings (SSSR count). The Kier molecular flexibility index (Phi) is 6.44. The summed E-state index contributed by atoms with van der Waals surface area (Å²) in [5.41, 5.74) is 6.10. The minimum atomic E-state index is -1.26. The second-order valence-electron chi connectivity index (χ2n) is 5.80. The number of aromatic nitrogens is 3. The fourth-order valence-corrected chi connectivity index (χ4v) is 2.44. The molecule has 11 nitrogen and oxygen atoms in total. The molecule has 144 valence electrons.